The minimum absolute atomic E-state index is 0.322. The van der Waals surface area contributed by atoms with Gasteiger partial charge >= 0.3 is 0 Å². The van der Waals surface area contributed by atoms with Gasteiger partial charge < -0.3 is 16.2 Å². The van der Waals surface area contributed by atoms with Crippen LogP contribution in [0, 0.1) is 0 Å². The summed E-state index contributed by atoms with van der Waals surface area (Å²) in [6, 6.07) is 6.95. The summed E-state index contributed by atoms with van der Waals surface area (Å²) in [5.41, 5.74) is 6.37. The molecule has 0 radical (unpaired) electrons. The molecule has 0 aromatic heterocycles. The highest BCUT2D eigenvalue weighted by Gasteiger charge is 2.51. The van der Waals surface area contributed by atoms with Crippen molar-refractivity contribution in [2.45, 2.75) is 30.8 Å². The molecule has 1 atom stereocenters. The number of rotatable bonds is 5. The maximum Gasteiger partial charge on any atom is 0.265 e. The maximum absolute atomic E-state index is 12.1. The Morgan fingerprint density at radius 1 is 1.37 bits per heavy atom. The second-order valence-corrected chi connectivity index (χ2v) is 4.82. The molecule has 1 aromatic rings. The van der Waals surface area contributed by atoms with Crippen molar-refractivity contribution in [3.8, 4) is 0 Å². The van der Waals surface area contributed by atoms with Crippen molar-refractivity contribution in [2.24, 2.45) is 0 Å². The summed E-state index contributed by atoms with van der Waals surface area (Å²) < 4.78 is 24.3. The van der Waals surface area contributed by atoms with E-state index in [0.29, 0.717) is 18.5 Å². The van der Waals surface area contributed by atoms with Crippen LogP contribution in [0.5, 0.6) is 0 Å². The van der Waals surface area contributed by atoms with E-state index in [2.05, 4.69) is 5.32 Å². The average Bonchev–Trinajstić information content (AvgIpc) is 3.17. The van der Waals surface area contributed by atoms with E-state index in [1.165, 1.54) is 0 Å². The molecule has 0 heterocycles. The Morgan fingerprint density at radius 2 is 1.95 bits per heavy atom. The van der Waals surface area contributed by atoms with Crippen LogP contribution < -0.4 is 11.1 Å². The summed E-state index contributed by atoms with van der Waals surface area (Å²) in [4.78, 5) is 12.0. The van der Waals surface area contributed by atoms with E-state index in [4.69, 9.17) is 10.8 Å². The molecule has 1 aromatic carbocycles. The number of carbonyl (C=O) groups excluding carboxylic acids is 1. The molecule has 4 nitrogen and oxygen atoms in total. The number of nitrogen functional groups attached to an aromatic ring is 1. The molecule has 2 rings (SSSR count). The lowest BCUT2D eigenvalue weighted by molar-refractivity contribution is -0.124. The van der Waals surface area contributed by atoms with Crippen molar-refractivity contribution in [2.75, 3.05) is 12.3 Å². The molecule has 1 saturated carbocycles. The molecule has 0 aliphatic heterocycles. The number of benzene rings is 1. The molecule has 1 aliphatic rings. The number of carbonyl (C=O) groups is 1. The zero-order valence-electron chi connectivity index (χ0n) is 10.3. The predicted molar refractivity (Wildman–Crippen MR) is 66.8 cm³/mol. The number of hydrogen-bond donors (Lipinski definition) is 3. The minimum Gasteiger partial charge on any atom is -0.399 e. The molecule has 4 N–H and O–H groups in total. The number of aliphatic hydroxyl groups is 1. The average molecular weight is 270 g/mol. The van der Waals surface area contributed by atoms with Crippen molar-refractivity contribution < 1.29 is 18.7 Å². The predicted octanol–water partition coefficient (Wildman–Crippen LogP) is 1.04. The quantitative estimate of drug-likeness (QED) is 0.700. The Balaban J connectivity index is 2.00. The summed E-state index contributed by atoms with van der Waals surface area (Å²) in [5, 5.41) is 11.4. The normalized spacial score (nSPS) is 18.1. The van der Waals surface area contributed by atoms with Gasteiger partial charge in [0.2, 0.25) is 5.91 Å². The third-order valence-electron chi connectivity index (χ3n) is 3.41. The van der Waals surface area contributed by atoms with Gasteiger partial charge in [0, 0.05) is 12.2 Å². The second-order valence-electron chi connectivity index (χ2n) is 4.82. The highest BCUT2D eigenvalue weighted by molar-refractivity contribution is 5.91. The largest absolute Gasteiger partial charge is 0.399 e. The number of nitrogens with two attached hydrogens (primary N) is 1. The maximum atomic E-state index is 12.1. The molecule has 19 heavy (non-hydrogen) atoms. The van der Waals surface area contributed by atoms with Crippen molar-refractivity contribution in [3.63, 3.8) is 0 Å². The second kappa shape index (κ2) is 5.13. The number of nitrogens with one attached hydrogen (secondary N) is 1. The van der Waals surface area contributed by atoms with Crippen molar-refractivity contribution in [1.29, 1.82) is 0 Å². The van der Waals surface area contributed by atoms with Gasteiger partial charge in [0.25, 0.3) is 6.43 Å². The zero-order valence-corrected chi connectivity index (χ0v) is 10.3. The van der Waals surface area contributed by atoms with Gasteiger partial charge in [0.15, 0.2) is 0 Å². The van der Waals surface area contributed by atoms with Crippen molar-refractivity contribution >= 4 is 11.6 Å². The van der Waals surface area contributed by atoms with E-state index < -0.39 is 24.5 Å². The van der Waals surface area contributed by atoms with Gasteiger partial charge in [0.05, 0.1) is 5.41 Å². The number of hydrogen-bond acceptors (Lipinski definition) is 3. The summed E-state index contributed by atoms with van der Waals surface area (Å²) in [5.74, 6) is -0.322. The first-order valence-corrected chi connectivity index (χ1v) is 6.06. The fourth-order valence-electron chi connectivity index (χ4n) is 2.03. The van der Waals surface area contributed by atoms with Gasteiger partial charge in [-0.1, -0.05) is 12.1 Å². The Labute approximate surface area is 109 Å². The van der Waals surface area contributed by atoms with Crippen LogP contribution in [0.1, 0.15) is 18.4 Å². The fourth-order valence-corrected chi connectivity index (χ4v) is 2.03. The van der Waals surface area contributed by atoms with Crippen LogP contribution in [0.4, 0.5) is 14.5 Å². The van der Waals surface area contributed by atoms with E-state index in [9.17, 15) is 13.6 Å². The first-order chi connectivity index (χ1) is 8.95. The smallest absolute Gasteiger partial charge is 0.265 e. The first-order valence-electron chi connectivity index (χ1n) is 6.06. The van der Waals surface area contributed by atoms with E-state index in [-0.39, 0.29) is 5.91 Å². The zero-order chi connectivity index (χ0) is 14.0. The summed E-state index contributed by atoms with van der Waals surface area (Å²) in [6.07, 6.45) is -3.33. The van der Waals surface area contributed by atoms with Crippen LogP contribution in [0.25, 0.3) is 0 Å². The van der Waals surface area contributed by atoms with Crippen molar-refractivity contribution in [1.82, 2.24) is 5.32 Å². The van der Waals surface area contributed by atoms with Crippen LogP contribution in [0.15, 0.2) is 24.3 Å². The van der Waals surface area contributed by atoms with E-state index >= 15 is 0 Å². The number of anilines is 1. The molecule has 0 bridgehead atoms. The SMILES string of the molecule is Nc1ccc(C2(C(=O)NCC(O)C(F)F)CC2)cc1. The topological polar surface area (TPSA) is 75.4 Å². The van der Waals surface area contributed by atoms with Crippen LogP contribution in [0.3, 0.4) is 0 Å². The standard InChI is InChI=1S/C13H16F2N2O2/c14-11(15)10(18)7-17-12(19)13(5-6-13)8-1-3-9(16)4-2-8/h1-4,10-11,18H,5-7,16H2,(H,17,19). The van der Waals surface area contributed by atoms with Gasteiger partial charge in [-0.3, -0.25) is 4.79 Å². The van der Waals surface area contributed by atoms with Crippen LogP contribution in [-0.2, 0) is 10.2 Å². The van der Waals surface area contributed by atoms with Gasteiger partial charge in [0.1, 0.15) is 6.10 Å². The molecular formula is C13H16F2N2O2. The van der Waals surface area contributed by atoms with Crippen LogP contribution in [0.2, 0.25) is 0 Å². The summed E-state index contributed by atoms with van der Waals surface area (Å²) in [6.45, 7) is -0.437. The lowest BCUT2D eigenvalue weighted by atomic mass is 9.94. The number of amides is 1. The molecule has 1 fully saturated rings. The first kappa shape index (κ1) is 13.7. The van der Waals surface area contributed by atoms with Crippen LogP contribution in [-0.4, -0.2) is 30.1 Å². The van der Waals surface area contributed by atoms with Gasteiger partial charge in [-0.15, -0.1) is 0 Å². The highest BCUT2D eigenvalue weighted by atomic mass is 19.3. The molecule has 6 heteroatoms. The Kier molecular flexibility index (Phi) is 3.71. The molecule has 1 aliphatic carbocycles. The number of halogens is 2. The number of alkyl halides is 2. The van der Waals surface area contributed by atoms with E-state index in [0.717, 1.165) is 5.56 Å². The van der Waals surface area contributed by atoms with E-state index in [1.807, 2.05) is 0 Å². The molecule has 1 unspecified atom stereocenters. The van der Waals surface area contributed by atoms with Crippen molar-refractivity contribution in [3.05, 3.63) is 29.8 Å². The van der Waals surface area contributed by atoms with Gasteiger partial charge in [-0.25, -0.2) is 8.78 Å². The van der Waals surface area contributed by atoms with Crippen LogP contribution >= 0.6 is 0 Å². The summed E-state index contributed by atoms with van der Waals surface area (Å²) >= 11 is 0. The van der Waals surface area contributed by atoms with Gasteiger partial charge in [-0.2, -0.15) is 0 Å². The molecule has 0 spiro atoms. The fraction of sp³-hybridized carbons (Fsp3) is 0.462. The summed E-state index contributed by atoms with van der Waals surface area (Å²) in [7, 11) is 0. The molecular weight excluding hydrogens is 254 g/mol. The Morgan fingerprint density at radius 3 is 2.42 bits per heavy atom. The highest BCUT2D eigenvalue weighted by Crippen LogP contribution is 2.48. The van der Waals surface area contributed by atoms with Gasteiger partial charge in [-0.05, 0) is 30.5 Å². The van der Waals surface area contributed by atoms with E-state index in [1.54, 1.807) is 24.3 Å². The number of aliphatic hydroxyl groups excluding tert-OH is 1. The molecule has 104 valence electrons. The Hall–Kier alpha value is -1.69. The Bertz CT molecular complexity index is 458. The third kappa shape index (κ3) is 2.84. The lowest BCUT2D eigenvalue weighted by Crippen LogP contribution is -2.41. The minimum atomic E-state index is -2.85. The monoisotopic (exact) mass is 270 g/mol. The molecule has 1 amide bonds. The molecule has 0 saturated heterocycles. The lowest BCUT2D eigenvalue weighted by Gasteiger charge is -2.17. The third-order valence-corrected chi connectivity index (χ3v) is 3.41.